The molecule has 0 amide bonds. The third kappa shape index (κ3) is 3.56. The zero-order valence-corrected chi connectivity index (χ0v) is 15.1. The van der Waals surface area contributed by atoms with E-state index in [4.69, 9.17) is 0 Å². The third-order valence-corrected chi connectivity index (χ3v) is 6.49. The molecular formula is C19H23F3N2S. The Balaban J connectivity index is 1.73. The van der Waals surface area contributed by atoms with E-state index in [0.29, 0.717) is 12.0 Å². The fourth-order valence-corrected chi connectivity index (χ4v) is 4.76. The molecule has 6 heteroatoms. The SMILES string of the molecule is CN1CCC[C@@H]1Cc1c(C2CCC2)[nH]c2ccc(SC(F)(F)F)cc12. The lowest BCUT2D eigenvalue weighted by molar-refractivity contribution is -0.0328. The van der Waals surface area contributed by atoms with Crippen molar-refractivity contribution in [1.82, 2.24) is 9.88 Å². The van der Waals surface area contributed by atoms with E-state index in [1.807, 2.05) is 6.07 Å². The Morgan fingerprint density at radius 2 is 2.00 bits per heavy atom. The first-order chi connectivity index (χ1) is 11.9. The van der Waals surface area contributed by atoms with Gasteiger partial charge in [-0.2, -0.15) is 13.2 Å². The summed E-state index contributed by atoms with van der Waals surface area (Å²) in [7, 11) is 2.15. The van der Waals surface area contributed by atoms with Crippen molar-refractivity contribution in [2.45, 2.75) is 60.9 Å². The predicted molar refractivity (Wildman–Crippen MR) is 96.2 cm³/mol. The number of nitrogens with one attached hydrogen (secondary N) is 1. The van der Waals surface area contributed by atoms with Crippen LogP contribution < -0.4 is 0 Å². The fraction of sp³-hybridized carbons (Fsp3) is 0.579. The topological polar surface area (TPSA) is 19.0 Å². The minimum Gasteiger partial charge on any atom is -0.358 e. The van der Waals surface area contributed by atoms with Crippen LogP contribution in [0.5, 0.6) is 0 Å². The number of likely N-dealkylation sites (tertiary alicyclic amines) is 1. The van der Waals surface area contributed by atoms with Crippen molar-refractivity contribution in [3.63, 3.8) is 0 Å². The molecule has 1 atom stereocenters. The molecule has 25 heavy (non-hydrogen) atoms. The summed E-state index contributed by atoms with van der Waals surface area (Å²) in [5, 5.41) is 0.983. The molecule has 4 rings (SSSR count). The molecule has 136 valence electrons. The highest BCUT2D eigenvalue weighted by atomic mass is 32.2. The Bertz CT molecular complexity index is 764. The molecule has 1 N–H and O–H groups in total. The molecule has 2 aromatic rings. The van der Waals surface area contributed by atoms with Crippen LogP contribution in [-0.4, -0.2) is 35.0 Å². The lowest BCUT2D eigenvalue weighted by atomic mass is 9.80. The highest BCUT2D eigenvalue weighted by molar-refractivity contribution is 8.00. The normalized spacial score (nSPS) is 22.6. The van der Waals surface area contributed by atoms with Crippen molar-refractivity contribution in [2.24, 2.45) is 0 Å². The second kappa shape index (κ2) is 6.54. The monoisotopic (exact) mass is 368 g/mol. The quantitative estimate of drug-likeness (QED) is 0.700. The van der Waals surface area contributed by atoms with Gasteiger partial charge >= 0.3 is 5.51 Å². The van der Waals surface area contributed by atoms with E-state index in [9.17, 15) is 13.2 Å². The summed E-state index contributed by atoms with van der Waals surface area (Å²) in [5.41, 5.74) is -0.741. The molecule has 1 saturated heterocycles. The largest absolute Gasteiger partial charge is 0.446 e. The number of benzene rings is 1. The number of aromatic nitrogens is 1. The van der Waals surface area contributed by atoms with Crippen LogP contribution >= 0.6 is 11.8 Å². The number of rotatable bonds is 4. The minimum atomic E-state index is -4.24. The zero-order chi connectivity index (χ0) is 17.6. The van der Waals surface area contributed by atoms with Crippen LogP contribution in [0.2, 0.25) is 0 Å². The van der Waals surface area contributed by atoms with Crippen LogP contribution in [0.15, 0.2) is 23.1 Å². The van der Waals surface area contributed by atoms with E-state index in [2.05, 4.69) is 16.9 Å². The summed E-state index contributed by atoms with van der Waals surface area (Å²) < 4.78 is 38.3. The lowest BCUT2D eigenvalue weighted by Crippen LogP contribution is -2.27. The van der Waals surface area contributed by atoms with Crippen molar-refractivity contribution in [2.75, 3.05) is 13.6 Å². The van der Waals surface area contributed by atoms with E-state index < -0.39 is 5.51 Å². The van der Waals surface area contributed by atoms with Crippen molar-refractivity contribution in [3.8, 4) is 0 Å². The Kier molecular flexibility index (Phi) is 4.52. The van der Waals surface area contributed by atoms with Crippen molar-refractivity contribution in [1.29, 1.82) is 0 Å². The molecule has 0 unspecified atom stereocenters. The lowest BCUT2D eigenvalue weighted by Gasteiger charge is -2.27. The molecule has 1 aromatic heterocycles. The van der Waals surface area contributed by atoms with Crippen LogP contribution in [0.4, 0.5) is 13.2 Å². The Hall–Kier alpha value is -1.14. The van der Waals surface area contributed by atoms with Crippen molar-refractivity contribution >= 4 is 22.7 Å². The summed E-state index contributed by atoms with van der Waals surface area (Å²) in [6.07, 6.45) is 6.93. The summed E-state index contributed by atoms with van der Waals surface area (Å²) in [6, 6.07) is 5.62. The number of aromatic amines is 1. The number of nitrogens with zero attached hydrogens (tertiary/aromatic N) is 1. The van der Waals surface area contributed by atoms with Crippen molar-refractivity contribution in [3.05, 3.63) is 29.5 Å². The number of hydrogen-bond donors (Lipinski definition) is 1. The minimum absolute atomic E-state index is 0.0193. The summed E-state index contributed by atoms with van der Waals surface area (Å²) >= 11 is -0.0193. The maximum atomic E-state index is 12.8. The maximum Gasteiger partial charge on any atom is 0.446 e. The molecule has 1 aliphatic carbocycles. The van der Waals surface area contributed by atoms with E-state index in [1.54, 1.807) is 12.1 Å². The number of thioether (sulfide) groups is 1. The molecular weight excluding hydrogens is 345 g/mol. The van der Waals surface area contributed by atoms with Crippen molar-refractivity contribution < 1.29 is 13.2 Å². The molecule has 0 spiro atoms. The fourth-order valence-electron chi connectivity index (χ4n) is 4.18. The van der Waals surface area contributed by atoms with Crippen LogP contribution in [0.1, 0.15) is 49.3 Å². The average molecular weight is 368 g/mol. The van der Waals surface area contributed by atoms with E-state index in [-0.39, 0.29) is 16.7 Å². The van der Waals surface area contributed by atoms with E-state index in [1.165, 1.54) is 43.4 Å². The number of halogens is 3. The number of likely N-dealkylation sites (N-methyl/N-ethyl adjacent to an activating group) is 1. The molecule has 2 nitrogen and oxygen atoms in total. The van der Waals surface area contributed by atoms with Crippen LogP contribution in [-0.2, 0) is 6.42 Å². The van der Waals surface area contributed by atoms with E-state index in [0.717, 1.165) is 23.9 Å². The van der Waals surface area contributed by atoms with Gasteiger partial charge in [0.25, 0.3) is 0 Å². The predicted octanol–water partition coefficient (Wildman–Crippen LogP) is 5.68. The Morgan fingerprint density at radius 3 is 2.60 bits per heavy atom. The molecule has 1 aromatic carbocycles. The summed E-state index contributed by atoms with van der Waals surface area (Å²) in [5.74, 6) is 0.549. The molecule has 0 bridgehead atoms. The molecule has 2 aliphatic rings. The zero-order valence-electron chi connectivity index (χ0n) is 14.3. The van der Waals surface area contributed by atoms with Crippen LogP contribution in [0, 0.1) is 0 Å². The van der Waals surface area contributed by atoms with Gasteiger partial charge in [-0.25, -0.2) is 0 Å². The Labute approximate surface area is 150 Å². The second-order valence-corrected chi connectivity index (χ2v) is 8.52. The van der Waals surface area contributed by atoms with Gasteiger partial charge in [0.2, 0.25) is 0 Å². The second-order valence-electron chi connectivity index (χ2n) is 7.38. The molecule has 1 saturated carbocycles. The van der Waals surface area contributed by atoms with Gasteiger partial charge in [-0.15, -0.1) is 0 Å². The van der Waals surface area contributed by atoms with Gasteiger partial charge in [0.1, 0.15) is 0 Å². The molecule has 2 heterocycles. The average Bonchev–Trinajstić information content (AvgIpc) is 3.01. The van der Waals surface area contributed by atoms with Gasteiger partial charge in [0, 0.05) is 27.5 Å². The number of hydrogen-bond acceptors (Lipinski definition) is 2. The number of H-pyrrole nitrogens is 1. The molecule has 2 fully saturated rings. The first-order valence-electron chi connectivity index (χ1n) is 9.01. The van der Waals surface area contributed by atoms with Gasteiger partial charge in [0.05, 0.1) is 0 Å². The number of alkyl halides is 3. The Morgan fingerprint density at radius 1 is 1.20 bits per heavy atom. The van der Waals surface area contributed by atoms with E-state index >= 15 is 0 Å². The third-order valence-electron chi connectivity index (χ3n) is 5.77. The standard InChI is InChI=1S/C19H23F3N2S/c1-24-9-3-6-13(24)10-16-15-11-14(25-19(20,21)22)7-8-17(15)23-18(16)12-4-2-5-12/h7-8,11-13,23H,2-6,9-10H2,1H3/t13-/m1/s1. The number of fused-ring (bicyclic) bond motifs is 1. The van der Waals surface area contributed by atoms with Gasteiger partial charge in [0.15, 0.2) is 0 Å². The summed E-state index contributed by atoms with van der Waals surface area (Å²) in [6.45, 7) is 1.11. The van der Waals surface area contributed by atoms with Crippen LogP contribution in [0.25, 0.3) is 10.9 Å². The van der Waals surface area contributed by atoms with Gasteiger partial charge in [-0.3, -0.25) is 0 Å². The highest BCUT2D eigenvalue weighted by Crippen LogP contribution is 2.43. The highest BCUT2D eigenvalue weighted by Gasteiger charge is 2.31. The van der Waals surface area contributed by atoms with Gasteiger partial charge < -0.3 is 9.88 Å². The molecule has 1 aliphatic heterocycles. The molecule has 0 radical (unpaired) electrons. The smallest absolute Gasteiger partial charge is 0.358 e. The van der Waals surface area contributed by atoms with Gasteiger partial charge in [-0.1, -0.05) is 6.42 Å². The maximum absolute atomic E-state index is 12.8. The van der Waals surface area contributed by atoms with Gasteiger partial charge in [-0.05, 0) is 87.1 Å². The van der Waals surface area contributed by atoms with Crippen LogP contribution in [0.3, 0.4) is 0 Å². The first-order valence-corrected chi connectivity index (χ1v) is 9.83. The summed E-state index contributed by atoms with van der Waals surface area (Å²) in [4.78, 5) is 6.20. The first kappa shape index (κ1) is 17.3.